The highest BCUT2D eigenvalue weighted by Gasteiger charge is 2.43. The number of hydrogen-bond acceptors (Lipinski definition) is 5. The van der Waals surface area contributed by atoms with Crippen LogP contribution in [-0.4, -0.2) is 34.9 Å². The molecule has 8 heteroatoms. The zero-order valence-corrected chi connectivity index (χ0v) is 16.7. The van der Waals surface area contributed by atoms with Crippen molar-refractivity contribution in [1.29, 1.82) is 0 Å². The molecule has 2 heterocycles. The number of amides is 1. The standard InChI is InChI=1S/C19H22FN3O2S.ClH/c1-11-18(19(24)23-8-12-2-7-16(21)15(12)9-23)26-17(22-11)10-25-14-5-3-13(20)4-6-14;/h3-6,12,15-16H,2,7-10,21H2,1H3;1H. The van der Waals surface area contributed by atoms with Crippen LogP contribution in [0.3, 0.4) is 0 Å². The predicted molar refractivity (Wildman–Crippen MR) is 105 cm³/mol. The minimum Gasteiger partial charge on any atom is -0.486 e. The van der Waals surface area contributed by atoms with Crippen LogP contribution in [0.1, 0.15) is 33.2 Å². The summed E-state index contributed by atoms with van der Waals surface area (Å²) in [5, 5.41) is 0.742. The number of aromatic nitrogens is 1. The normalized spacial score (nSPS) is 23.8. The van der Waals surface area contributed by atoms with Crippen LogP contribution in [0, 0.1) is 24.6 Å². The lowest BCUT2D eigenvalue weighted by molar-refractivity contribution is 0.0783. The number of aryl methyl sites for hydroxylation is 1. The summed E-state index contributed by atoms with van der Waals surface area (Å²) in [5.41, 5.74) is 6.91. The van der Waals surface area contributed by atoms with Crippen molar-refractivity contribution in [2.75, 3.05) is 13.1 Å². The minimum atomic E-state index is -0.301. The molecule has 2 aliphatic rings. The molecule has 0 spiro atoms. The minimum absolute atomic E-state index is 0. The van der Waals surface area contributed by atoms with Crippen molar-refractivity contribution in [3.8, 4) is 5.75 Å². The lowest BCUT2D eigenvalue weighted by atomic mass is 9.98. The van der Waals surface area contributed by atoms with Crippen LogP contribution in [0.2, 0.25) is 0 Å². The van der Waals surface area contributed by atoms with Crippen LogP contribution >= 0.6 is 23.7 Å². The SMILES string of the molecule is Cc1nc(COc2ccc(F)cc2)sc1C(=O)N1CC2CCC(N)C2C1.Cl. The summed E-state index contributed by atoms with van der Waals surface area (Å²) in [6.45, 7) is 3.67. The molecule has 146 valence electrons. The average molecular weight is 412 g/mol. The van der Waals surface area contributed by atoms with Gasteiger partial charge in [0, 0.05) is 19.1 Å². The number of rotatable bonds is 4. The summed E-state index contributed by atoms with van der Waals surface area (Å²) in [4.78, 5) is 20.0. The van der Waals surface area contributed by atoms with E-state index >= 15 is 0 Å². The molecule has 1 aliphatic carbocycles. The predicted octanol–water partition coefficient (Wildman–Crippen LogP) is 3.40. The molecule has 1 amide bonds. The van der Waals surface area contributed by atoms with Crippen molar-refractivity contribution in [2.24, 2.45) is 17.6 Å². The number of nitrogens with zero attached hydrogens (tertiary/aromatic N) is 2. The lowest BCUT2D eigenvalue weighted by Gasteiger charge is -2.18. The van der Waals surface area contributed by atoms with E-state index in [1.165, 1.54) is 23.5 Å². The lowest BCUT2D eigenvalue weighted by Crippen LogP contribution is -2.33. The van der Waals surface area contributed by atoms with Crippen LogP contribution in [-0.2, 0) is 6.61 Å². The van der Waals surface area contributed by atoms with Gasteiger partial charge in [-0.25, -0.2) is 9.37 Å². The monoisotopic (exact) mass is 411 g/mol. The van der Waals surface area contributed by atoms with E-state index in [0.29, 0.717) is 22.5 Å². The number of ether oxygens (including phenoxy) is 1. The van der Waals surface area contributed by atoms with Gasteiger partial charge in [-0.3, -0.25) is 4.79 Å². The van der Waals surface area contributed by atoms with Crippen LogP contribution in [0.25, 0.3) is 0 Å². The maximum Gasteiger partial charge on any atom is 0.265 e. The van der Waals surface area contributed by atoms with Crippen molar-refractivity contribution in [2.45, 2.75) is 32.4 Å². The number of fused-ring (bicyclic) bond motifs is 1. The Balaban J connectivity index is 0.00000210. The quantitative estimate of drug-likeness (QED) is 0.837. The Labute approximate surface area is 168 Å². The number of carbonyl (C=O) groups is 1. The van der Waals surface area contributed by atoms with Gasteiger partial charge in [-0.05, 0) is 55.9 Å². The molecule has 2 N–H and O–H groups in total. The molecule has 1 aromatic heterocycles. The van der Waals surface area contributed by atoms with Gasteiger partial charge in [-0.2, -0.15) is 0 Å². The third kappa shape index (κ3) is 4.10. The second kappa shape index (κ2) is 8.12. The van der Waals surface area contributed by atoms with Crippen LogP contribution < -0.4 is 10.5 Å². The Bertz CT molecular complexity index is 814. The number of benzene rings is 1. The number of halogens is 2. The van der Waals surface area contributed by atoms with Gasteiger partial charge >= 0.3 is 0 Å². The highest BCUT2D eigenvalue weighted by molar-refractivity contribution is 7.13. The van der Waals surface area contributed by atoms with E-state index in [2.05, 4.69) is 4.98 Å². The van der Waals surface area contributed by atoms with Gasteiger partial charge in [0.1, 0.15) is 28.1 Å². The molecular formula is C19H23ClFN3O2S. The van der Waals surface area contributed by atoms with Gasteiger partial charge in [0.2, 0.25) is 0 Å². The fourth-order valence-corrected chi connectivity index (χ4v) is 4.95. The van der Waals surface area contributed by atoms with E-state index in [1.54, 1.807) is 12.1 Å². The molecule has 1 saturated heterocycles. The summed E-state index contributed by atoms with van der Waals surface area (Å²) in [7, 11) is 0. The van der Waals surface area contributed by atoms with Crippen molar-refractivity contribution in [3.63, 3.8) is 0 Å². The first-order valence-electron chi connectivity index (χ1n) is 8.91. The Hall–Kier alpha value is -1.70. The largest absolute Gasteiger partial charge is 0.486 e. The van der Waals surface area contributed by atoms with E-state index < -0.39 is 0 Å². The smallest absolute Gasteiger partial charge is 0.265 e. The molecule has 1 aliphatic heterocycles. The highest BCUT2D eigenvalue weighted by atomic mass is 35.5. The van der Waals surface area contributed by atoms with Crippen molar-refractivity contribution < 1.29 is 13.9 Å². The maximum atomic E-state index is 12.9. The molecule has 2 fully saturated rings. The molecule has 1 saturated carbocycles. The fraction of sp³-hybridized carbons (Fsp3) is 0.474. The van der Waals surface area contributed by atoms with E-state index in [4.69, 9.17) is 10.5 Å². The van der Waals surface area contributed by atoms with Gasteiger partial charge in [0.25, 0.3) is 5.91 Å². The third-order valence-electron chi connectivity index (χ3n) is 5.41. The highest BCUT2D eigenvalue weighted by Crippen LogP contribution is 2.38. The van der Waals surface area contributed by atoms with E-state index in [1.807, 2.05) is 11.8 Å². The van der Waals surface area contributed by atoms with Crippen molar-refractivity contribution in [1.82, 2.24) is 9.88 Å². The molecule has 3 atom stereocenters. The molecular weight excluding hydrogens is 389 g/mol. The summed E-state index contributed by atoms with van der Waals surface area (Å²) in [6.07, 6.45) is 2.19. The topological polar surface area (TPSA) is 68.5 Å². The zero-order valence-electron chi connectivity index (χ0n) is 15.1. The first kappa shape index (κ1) is 20.0. The van der Waals surface area contributed by atoms with Gasteiger partial charge in [-0.1, -0.05) is 0 Å². The Morgan fingerprint density at radius 3 is 2.78 bits per heavy atom. The number of likely N-dealkylation sites (tertiary alicyclic amines) is 1. The van der Waals surface area contributed by atoms with Crippen molar-refractivity contribution in [3.05, 3.63) is 45.7 Å². The van der Waals surface area contributed by atoms with Crippen molar-refractivity contribution >= 4 is 29.7 Å². The summed E-state index contributed by atoms with van der Waals surface area (Å²) in [6, 6.07) is 6.08. The average Bonchev–Trinajstić information content (AvgIpc) is 3.30. The van der Waals surface area contributed by atoms with Crippen LogP contribution in [0.5, 0.6) is 5.75 Å². The van der Waals surface area contributed by atoms with Crippen LogP contribution in [0.4, 0.5) is 4.39 Å². The fourth-order valence-electron chi connectivity index (χ4n) is 4.01. The number of nitrogens with two attached hydrogens (primary N) is 1. The van der Waals surface area contributed by atoms with E-state index in [0.717, 1.165) is 36.6 Å². The molecule has 2 aromatic rings. The molecule has 4 rings (SSSR count). The summed E-state index contributed by atoms with van der Waals surface area (Å²) in [5.74, 6) is 1.31. The second-order valence-electron chi connectivity index (χ2n) is 7.14. The van der Waals surface area contributed by atoms with Gasteiger partial charge < -0.3 is 15.4 Å². The molecule has 0 bridgehead atoms. The Kier molecular flexibility index (Phi) is 6.03. The summed E-state index contributed by atoms with van der Waals surface area (Å²) < 4.78 is 18.6. The molecule has 3 unspecified atom stereocenters. The second-order valence-corrected chi connectivity index (χ2v) is 8.22. The first-order chi connectivity index (χ1) is 12.5. The molecule has 27 heavy (non-hydrogen) atoms. The van der Waals surface area contributed by atoms with Gasteiger partial charge in [0.15, 0.2) is 0 Å². The Morgan fingerprint density at radius 2 is 2.07 bits per heavy atom. The van der Waals surface area contributed by atoms with Gasteiger partial charge in [-0.15, -0.1) is 23.7 Å². The van der Waals surface area contributed by atoms with Crippen LogP contribution in [0.15, 0.2) is 24.3 Å². The first-order valence-corrected chi connectivity index (χ1v) is 9.72. The molecule has 5 nitrogen and oxygen atoms in total. The van der Waals surface area contributed by atoms with E-state index in [9.17, 15) is 9.18 Å². The third-order valence-corrected chi connectivity index (χ3v) is 6.53. The number of carbonyl (C=O) groups excluding carboxylic acids is 1. The zero-order chi connectivity index (χ0) is 18.3. The van der Waals surface area contributed by atoms with E-state index in [-0.39, 0.29) is 36.8 Å². The Morgan fingerprint density at radius 1 is 1.33 bits per heavy atom. The molecule has 0 radical (unpaired) electrons. The molecule has 1 aromatic carbocycles. The van der Waals surface area contributed by atoms with Gasteiger partial charge in [0.05, 0.1) is 5.69 Å². The summed E-state index contributed by atoms with van der Waals surface area (Å²) >= 11 is 1.37. The number of hydrogen-bond donors (Lipinski definition) is 1. The maximum absolute atomic E-state index is 12.9. The number of thiazole rings is 1.